The normalized spacial score (nSPS) is 24.6. The van der Waals surface area contributed by atoms with Crippen molar-refractivity contribution in [3.63, 3.8) is 0 Å². The van der Waals surface area contributed by atoms with Crippen molar-refractivity contribution in [2.24, 2.45) is 0 Å². The van der Waals surface area contributed by atoms with Crippen LogP contribution in [0, 0.1) is 0 Å². The van der Waals surface area contributed by atoms with Crippen molar-refractivity contribution in [1.29, 1.82) is 0 Å². The summed E-state index contributed by atoms with van der Waals surface area (Å²) in [5.41, 5.74) is 7.99. The largest absolute Gasteiger partial charge is 0.438 e. The van der Waals surface area contributed by atoms with Crippen molar-refractivity contribution in [1.82, 2.24) is 4.98 Å². The van der Waals surface area contributed by atoms with Crippen molar-refractivity contribution in [2.75, 3.05) is 12.3 Å². The van der Waals surface area contributed by atoms with Gasteiger partial charge in [0.25, 0.3) is 0 Å². The molecule has 1 aliphatic rings. The van der Waals surface area contributed by atoms with E-state index in [0.29, 0.717) is 11.3 Å². The van der Waals surface area contributed by atoms with Gasteiger partial charge in [-0.3, -0.25) is 0 Å². The van der Waals surface area contributed by atoms with Gasteiger partial charge in [0.15, 0.2) is 5.58 Å². The Kier molecular flexibility index (Phi) is 2.60. The number of nitrogen functional groups attached to an aromatic ring is 1. The molecule has 0 bridgehead atoms. The molecule has 2 aromatic rings. The maximum absolute atomic E-state index is 5.91. The van der Waals surface area contributed by atoms with E-state index in [1.807, 2.05) is 19.1 Å². The number of halogens is 1. The van der Waals surface area contributed by atoms with Gasteiger partial charge in [-0.05, 0) is 25.5 Å². The van der Waals surface area contributed by atoms with E-state index >= 15 is 0 Å². The monoisotopic (exact) mass is 296 g/mol. The zero-order valence-corrected chi connectivity index (χ0v) is 11.0. The molecule has 3 rings (SSSR count). The summed E-state index contributed by atoms with van der Waals surface area (Å²) in [6, 6.07) is 3.74. The van der Waals surface area contributed by atoms with Crippen LogP contribution in [0.1, 0.15) is 25.2 Å². The number of benzene rings is 1. The predicted molar refractivity (Wildman–Crippen MR) is 68.9 cm³/mol. The van der Waals surface area contributed by atoms with E-state index in [0.717, 1.165) is 28.9 Å². The molecule has 1 fully saturated rings. The Morgan fingerprint density at radius 3 is 3.00 bits per heavy atom. The van der Waals surface area contributed by atoms with Crippen LogP contribution in [0.3, 0.4) is 0 Å². The third kappa shape index (κ3) is 1.83. The summed E-state index contributed by atoms with van der Waals surface area (Å²) in [4.78, 5) is 4.51. The van der Waals surface area contributed by atoms with Crippen molar-refractivity contribution in [3.05, 3.63) is 22.5 Å². The van der Waals surface area contributed by atoms with Gasteiger partial charge in [-0.15, -0.1) is 0 Å². The highest BCUT2D eigenvalue weighted by Gasteiger charge is 2.30. The summed E-state index contributed by atoms with van der Waals surface area (Å²) in [5, 5.41) is 0. The Labute approximate surface area is 107 Å². The third-order valence-corrected chi connectivity index (χ3v) is 3.65. The average molecular weight is 297 g/mol. The Hall–Kier alpha value is -1.07. The van der Waals surface area contributed by atoms with Gasteiger partial charge >= 0.3 is 0 Å². The summed E-state index contributed by atoms with van der Waals surface area (Å²) < 4.78 is 12.2. The van der Waals surface area contributed by atoms with Gasteiger partial charge in [0.1, 0.15) is 5.52 Å². The van der Waals surface area contributed by atoms with Crippen molar-refractivity contribution in [2.45, 2.75) is 25.4 Å². The van der Waals surface area contributed by atoms with Crippen LogP contribution in [-0.2, 0) is 4.74 Å². The van der Waals surface area contributed by atoms with E-state index in [1.54, 1.807) is 0 Å². The molecule has 4 nitrogen and oxygen atoms in total. The molecule has 2 heterocycles. The number of fused-ring (bicyclic) bond motifs is 1. The Balaban J connectivity index is 2.10. The second-order valence-corrected chi connectivity index (χ2v) is 5.28. The van der Waals surface area contributed by atoms with Crippen LogP contribution in [-0.4, -0.2) is 17.7 Å². The second kappa shape index (κ2) is 3.99. The third-order valence-electron chi connectivity index (χ3n) is 3.19. The zero-order valence-electron chi connectivity index (χ0n) is 9.44. The summed E-state index contributed by atoms with van der Waals surface area (Å²) in [6.07, 6.45) is 1.11. The molecule has 1 aromatic carbocycles. The lowest BCUT2D eigenvalue weighted by Crippen LogP contribution is -2.09. The molecule has 1 aliphatic heterocycles. The Morgan fingerprint density at radius 1 is 1.47 bits per heavy atom. The predicted octanol–water partition coefficient (Wildman–Crippen LogP) is 3.06. The molecule has 1 saturated heterocycles. The van der Waals surface area contributed by atoms with Crippen LogP contribution < -0.4 is 5.73 Å². The number of aromatic nitrogens is 1. The van der Waals surface area contributed by atoms with Crippen molar-refractivity contribution < 1.29 is 9.15 Å². The number of nitrogens with zero attached hydrogens (tertiary/aromatic N) is 1. The number of anilines is 1. The zero-order chi connectivity index (χ0) is 12.0. The highest BCUT2D eigenvalue weighted by atomic mass is 79.9. The Bertz CT molecular complexity index is 567. The first-order valence-corrected chi connectivity index (χ1v) is 6.41. The van der Waals surface area contributed by atoms with Crippen LogP contribution in [0.5, 0.6) is 0 Å². The lowest BCUT2D eigenvalue weighted by Gasteiger charge is -2.08. The van der Waals surface area contributed by atoms with Crippen LogP contribution in [0.15, 0.2) is 21.0 Å². The molecule has 0 spiro atoms. The molecular weight excluding hydrogens is 284 g/mol. The van der Waals surface area contributed by atoms with Crippen LogP contribution in [0.25, 0.3) is 11.1 Å². The van der Waals surface area contributed by atoms with Gasteiger partial charge in [0, 0.05) is 11.1 Å². The number of oxazole rings is 1. The summed E-state index contributed by atoms with van der Waals surface area (Å²) >= 11 is 3.40. The minimum Gasteiger partial charge on any atom is -0.438 e. The fourth-order valence-corrected chi connectivity index (χ4v) is 2.72. The molecule has 2 unspecified atom stereocenters. The molecule has 0 amide bonds. The molecule has 90 valence electrons. The molecule has 17 heavy (non-hydrogen) atoms. The fourth-order valence-electron chi connectivity index (χ4n) is 2.25. The van der Waals surface area contributed by atoms with Gasteiger partial charge in [0.05, 0.1) is 17.7 Å². The smallest absolute Gasteiger partial charge is 0.201 e. The summed E-state index contributed by atoms with van der Waals surface area (Å²) in [5.74, 6) is 0.968. The minimum absolute atomic E-state index is 0.160. The van der Waals surface area contributed by atoms with Crippen molar-refractivity contribution >= 4 is 32.7 Å². The van der Waals surface area contributed by atoms with E-state index in [9.17, 15) is 0 Å². The first-order valence-electron chi connectivity index (χ1n) is 5.62. The second-order valence-electron chi connectivity index (χ2n) is 4.37. The fraction of sp³-hybridized carbons (Fsp3) is 0.417. The average Bonchev–Trinajstić information content (AvgIpc) is 2.83. The maximum atomic E-state index is 5.91. The summed E-state index contributed by atoms with van der Waals surface area (Å²) in [7, 11) is 0. The van der Waals surface area contributed by atoms with Gasteiger partial charge in [-0.2, -0.15) is 0 Å². The lowest BCUT2D eigenvalue weighted by molar-refractivity contribution is 0.114. The minimum atomic E-state index is 0.160. The van der Waals surface area contributed by atoms with Gasteiger partial charge in [-0.1, -0.05) is 15.9 Å². The van der Waals surface area contributed by atoms with Crippen molar-refractivity contribution in [3.8, 4) is 0 Å². The SMILES string of the molecule is CC1OCCC1c1nc2cc(Br)cc(N)c2o1. The molecule has 2 atom stereocenters. The van der Waals surface area contributed by atoms with E-state index < -0.39 is 0 Å². The first-order chi connectivity index (χ1) is 8.15. The van der Waals surface area contributed by atoms with Crippen LogP contribution >= 0.6 is 15.9 Å². The topological polar surface area (TPSA) is 61.3 Å². The van der Waals surface area contributed by atoms with Crippen LogP contribution in [0.4, 0.5) is 5.69 Å². The number of nitrogens with two attached hydrogens (primary N) is 1. The van der Waals surface area contributed by atoms with E-state index in [1.165, 1.54) is 0 Å². The number of ether oxygens (including phenoxy) is 1. The quantitative estimate of drug-likeness (QED) is 0.822. The molecule has 5 heteroatoms. The molecule has 0 aliphatic carbocycles. The molecular formula is C12H13BrN2O2. The molecule has 2 N–H and O–H groups in total. The van der Waals surface area contributed by atoms with E-state index in [-0.39, 0.29) is 12.0 Å². The van der Waals surface area contributed by atoms with E-state index in [2.05, 4.69) is 20.9 Å². The highest BCUT2D eigenvalue weighted by molar-refractivity contribution is 9.10. The molecule has 0 radical (unpaired) electrons. The highest BCUT2D eigenvalue weighted by Crippen LogP contribution is 2.34. The number of hydrogen-bond donors (Lipinski definition) is 1. The van der Waals surface area contributed by atoms with Gasteiger partial charge < -0.3 is 14.9 Å². The van der Waals surface area contributed by atoms with Crippen LogP contribution in [0.2, 0.25) is 0 Å². The Morgan fingerprint density at radius 2 is 2.29 bits per heavy atom. The molecule has 0 saturated carbocycles. The van der Waals surface area contributed by atoms with Gasteiger partial charge in [-0.25, -0.2) is 4.98 Å². The molecule has 1 aromatic heterocycles. The maximum Gasteiger partial charge on any atom is 0.201 e. The number of hydrogen-bond acceptors (Lipinski definition) is 4. The van der Waals surface area contributed by atoms with Gasteiger partial charge in [0.2, 0.25) is 5.89 Å². The lowest BCUT2D eigenvalue weighted by atomic mass is 10.0. The van der Waals surface area contributed by atoms with E-state index in [4.69, 9.17) is 14.9 Å². The standard InChI is InChI=1S/C12H13BrN2O2/c1-6-8(2-3-16-6)12-15-10-5-7(13)4-9(14)11(10)17-12/h4-6,8H,2-3,14H2,1H3. The summed E-state index contributed by atoms with van der Waals surface area (Å²) in [6.45, 7) is 2.82. The first kappa shape index (κ1) is 11.0. The number of rotatable bonds is 1.